The number of likely N-dealkylation sites (N-methyl/N-ethyl adjacent to an activating group) is 1. The molecule has 0 aliphatic carbocycles. The number of rotatable bonds is 5. The Morgan fingerprint density at radius 3 is 2.73 bits per heavy atom. The minimum absolute atomic E-state index is 0.0885. The van der Waals surface area contributed by atoms with Gasteiger partial charge in [0.15, 0.2) is 0 Å². The molecule has 22 heavy (non-hydrogen) atoms. The quantitative estimate of drug-likeness (QED) is 0.912. The molecular weight excluding hydrogens is 324 g/mol. The fourth-order valence-electron chi connectivity index (χ4n) is 1.78. The Kier molecular flexibility index (Phi) is 5.41. The third kappa shape index (κ3) is 3.78. The first kappa shape index (κ1) is 16.3. The average molecular weight is 339 g/mol. The van der Waals surface area contributed by atoms with Crippen molar-refractivity contribution in [3.05, 3.63) is 45.6 Å². The highest BCUT2D eigenvalue weighted by molar-refractivity contribution is 7.08. The van der Waals surface area contributed by atoms with Crippen LogP contribution in [0.4, 0.5) is 5.69 Å². The summed E-state index contributed by atoms with van der Waals surface area (Å²) in [6.07, 6.45) is 0. The third-order valence-electron chi connectivity index (χ3n) is 3.08. The second-order valence-electron chi connectivity index (χ2n) is 4.47. The molecule has 7 heteroatoms. The Balaban J connectivity index is 1.97. The van der Waals surface area contributed by atoms with Crippen LogP contribution in [0.5, 0.6) is 5.75 Å². The van der Waals surface area contributed by atoms with Crippen molar-refractivity contribution in [2.24, 2.45) is 0 Å². The normalized spacial score (nSPS) is 10.1. The van der Waals surface area contributed by atoms with Crippen molar-refractivity contribution in [1.82, 2.24) is 5.32 Å². The van der Waals surface area contributed by atoms with E-state index >= 15 is 0 Å². The summed E-state index contributed by atoms with van der Waals surface area (Å²) >= 11 is 7.47. The summed E-state index contributed by atoms with van der Waals surface area (Å²) in [7, 11) is 3.15. The van der Waals surface area contributed by atoms with E-state index in [2.05, 4.69) is 5.32 Å². The van der Waals surface area contributed by atoms with Gasteiger partial charge < -0.3 is 15.0 Å². The van der Waals surface area contributed by atoms with Crippen LogP contribution in [0.1, 0.15) is 10.4 Å². The van der Waals surface area contributed by atoms with Gasteiger partial charge in [-0.2, -0.15) is 11.3 Å². The molecule has 0 aliphatic heterocycles. The number of ether oxygens (including phenoxy) is 1. The zero-order valence-electron chi connectivity index (χ0n) is 12.1. The van der Waals surface area contributed by atoms with Crippen molar-refractivity contribution < 1.29 is 14.3 Å². The highest BCUT2D eigenvalue weighted by Gasteiger charge is 2.14. The van der Waals surface area contributed by atoms with Gasteiger partial charge in [0.1, 0.15) is 5.75 Å². The minimum Gasteiger partial charge on any atom is -0.495 e. The van der Waals surface area contributed by atoms with E-state index in [1.807, 2.05) is 5.38 Å². The van der Waals surface area contributed by atoms with E-state index in [0.717, 1.165) is 0 Å². The van der Waals surface area contributed by atoms with Crippen LogP contribution in [0.2, 0.25) is 5.02 Å². The summed E-state index contributed by atoms with van der Waals surface area (Å²) in [5.41, 5.74) is 1.17. The molecule has 2 rings (SSSR count). The van der Waals surface area contributed by atoms with Crippen LogP contribution in [0.3, 0.4) is 0 Å². The maximum Gasteiger partial charge on any atom is 0.252 e. The zero-order valence-corrected chi connectivity index (χ0v) is 13.7. The van der Waals surface area contributed by atoms with Gasteiger partial charge in [-0.05, 0) is 29.6 Å². The lowest BCUT2D eigenvalue weighted by molar-refractivity contribution is -0.117. The van der Waals surface area contributed by atoms with Crippen molar-refractivity contribution in [2.75, 3.05) is 25.6 Å². The van der Waals surface area contributed by atoms with Gasteiger partial charge in [-0.15, -0.1) is 0 Å². The molecule has 0 atom stereocenters. The molecule has 0 unspecified atom stereocenters. The summed E-state index contributed by atoms with van der Waals surface area (Å²) in [6, 6.07) is 6.76. The second kappa shape index (κ2) is 7.29. The fraction of sp³-hybridized carbons (Fsp3) is 0.200. The summed E-state index contributed by atoms with van der Waals surface area (Å²) in [5, 5.41) is 6.55. The number of hydrogen-bond acceptors (Lipinski definition) is 4. The predicted octanol–water partition coefficient (Wildman–Crippen LogP) is 2.80. The van der Waals surface area contributed by atoms with Gasteiger partial charge in [-0.3, -0.25) is 9.59 Å². The van der Waals surface area contributed by atoms with E-state index in [1.165, 1.54) is 23.3 Å². The van der Waals surface area contributed by atoms with Gasteiger partial charge in [0.2, 0.25) is 5.91 Å². The SMILES string of the molecule is COc1ccc(N(C)C(=O)CNC(=O)c2ccsc2)cc1Cl. The van der Waals surface area contributed by atoms with E-state index in [0.29, 0.717) is 22.0 Å². The Morgan fingerprint density at radius 1 is 1.36 bits per heavy atom. The monoisotopic (exact) mass is 338 g/mol. The fourth-order valence-corrected chi connectivity index (χ4v) is 2.67. The van der Waals surface area contributed by atoms with E-state index in [4.69, 9.17) is 16.3 Å². The highest BCUT2D eigenvalue weighted by Crippen LogP contribution is 2.28. The first-order valence-corrected chi connectivity index (χ1v) is 7.75. The van der Waals surface area contributed by atoms with Crippen LogP contribution in [-0.4, -0.2) is 32.5 Å². The molecular formula is C15H15ClN2O3S. The number of nitrogens with zero attached hydrogens (tertiary/aromatic N) is 1. The van der Waals surface area contributed by atoms with Gasteiger partial charge in [-0.25, -0.2) is 0 Å². The highest BCUT2D eigenvalue weighted by atomic mass is 35.5. The number of anilines is 1. The Bertz CT molecular complexity index is 673. The van der Waals surface area contributed by atoms with Crippen LogP contribution in [0.15, 0.2) is 35.0 Å². The van der Waals surface area contributed by atoms with Crippen molar-refractivity contribution in [2.45, 2.75) is 0 Å². The van der Waals surface area contributed by atoms with Gasteiger partial charge in [0.25, 0.3) is 5.91 Å². The lowest BCUT2D eigenvalue weighted by Gasteiger charge is -2.18. The minimum atomic E-state index is -0.268. The topological polar surface area (TPSA) is 58.6 Å². The Hall–Kier alpha value is -2.05. The molecule has 2 aromatic rings. The molecule has 5 nitrogen and oxygen atoms in total. The van der Waals surface area contributed by atoms with Crippen LogP contribution >= 0.6 is 22.9 Å². The first-order valence-electron chi connectivity index (χ1n) is 6.43. The number of benzene rings is 1. The molecule has 116 valence electrons. The summed E-state index contributed by atoms with van der Waals surface area (Å²) < 4.78 is 5.07. The van der Waals surface area contributed by atoms with Gasteiger partial charge in [0, 0.05) is 23.7 Å². The number of thiophene rings is 1. The molecule has 1 heterocycles. The zero-order chi connectivity index (χ0) is 16.1. The van der Waals surface area contributed by atoms with Crippen LogP contribution in [-0.2, 0) is 4.79 Å². The van der Waals surface area contributed by atoms with Gasteiger partial charge in [-0.1, -0.05) is 11.6 Å². The largest absolute Gasteiger partial charge is 0.495 e. The smallest absolute Gasteiger partial charge is 0.252 e. The molecule has 1 N–H and O–H groups in total. The molecule has 0 fully saturated rings. The second-order valence-corrected chi connectivity index (χ2v) is 5.65. The Morgan fingerprint density at radius 2 is 2.14 bits per heavy atom. The lowest BCUT2D eigenvalue weighted by Crippen LogP contribution is -2.38. The molecule has 0 radical (unpaired) electrons. The summed E-state index contributed by atoms with van der Waals surface area (Å²) in [4.78, 5) is 25.3. The van der Waals surface area contributed by atoms with Gasteiger partial charge >= 0.3 is 0 Å². The first-order chi connectivity index (χ1) is 10.5. The van der Waals surface area contributed by atoms with Crippen LogP contribution in [0.25, 0.3) is 0 Å². The lowest BCUT2D eigenvalue weighted by atomic mass is 10.2. The number of carbonyl (C=O) groups excluding carboxylic acids is 2. The van der Waals surface area contributed by atoms with E-state index in [9.17, 15) is 9.59 Å². The van der Waals surface area contributed by atoms with Crippen molar-refractivity contribution in [1.29, 1.82) is 0 Å². The number of hydrogen-bond donors (Lipinski definition) is 1. The number of nitrogens with one attached hydrogen (secondary N) is 1. The average Bonchev–Trinajstić information content (AvgIpc) is 3.05. The standard InChI is InChI=1S/C15H15ClN2O3S/c1-18(11-3-4-13(21-2)12(16)7-11)14(19)8-17-15(20)10-5-6-22-9-10/h3-7,9H,8H2,1-2H3,(H,17,20). The van der Waals surface area contributed by atoms with E-state index in [1.54, 1.807) is 36.7 Å². The molecule has 1 aromatic carbocycles. The van der Waals surface area contributed by atoms with Crippen LogP contribution in [0, 0.1) is 0 Å². The predicted molar refractivity (Wildman–Crippen MR) is 88.1 cm³/mol. The molecule has 0 saturated carbocycles. The van der Waals surface area contributed by atoms with E-state index in [-0.39, 0.29) is 18.4 Å². The summed E-state index contributed by atoms with van der Waals surface area (Å²) in [5.74, 6) is 0.0256. The molecule has 1 aromatic heterocycles. The van der Waals surface area contributed by atoms with Crippen molar-refractivity contribution in [3.8, 4) is 5.75 Å². The third-order valence-corrected chi connectivity index (χ3v) is 4.06. The van der Waals surface area contributed by atoms with Gasteiger partial charge in [0.05, 0.1) is 18.7 Å². The van der Waals surface area contributed by atoms with Crippen LogP contribution < -0.4 is 15.0 Å². The number of halogens is 1. The molecule has 2 amide bonds. The molecule has 0 bridgehead atoms. The molecule has 0 saturated heterocycles. The maximum atomic E-state index is 12.1. The maximum absolute atomic E-state index is 12.1. The van der Waals surface area contributed by atoms with Crippen molar-refractivity contribution >= 4 is 40.4 Å². The number of carbonyl (C=O) groups is 2. The number of methoxy groups -OCH3 is 1. The summed E-state index contributed by atoms with van der Waals surface area (Å²) in [6.45, 7) is -0.0885. The molecule has 0 spiro atoms. The van der Waals surface area contributed by atoms with E-state index < -0.39 is 0 Å². The molecule has 0 aliphatic rings. The van der Waals surface area contributed by atoms with Crippen molar-refractivity contribution in [3.63, 3.8) is 0 Å². The Labute approximate surface area is 137 Å². The number of amides is 2.